The Hall–Kier alpha value is -0.790. The molecule has 0 aromatic rings. The molecular formula is C8H10O2. The molecule has 0 spiro atoms. The highest BCUT2D eigenvalue weighted by atomic mass is 16.5. The highest BCUT2D eigenvalue weighted by Gasteiger charge is 2.30. The highest BCUT2D eigenvalue weighted by molar-refractivity contribution is 5.70. The standard InChI is InChI=1S/C8H10O2/c9-8-4-6-2-1-3-7(6)5-10-8/h1,3,6-7H,2,4-5H2/t6-,7+/m1/s1. The minimum Gasteiger partial charge on any atom is -0.465 e. The molecule has 2 nitrogen and oxygen atoms in total. The molecule has 1 saturated heterocycles. The van der Waals surface area contributed by atoms with Crippen molar-refractivity contribution in [3.8, 4) is 0 Å². The van der Waals surface area contributed by atoms with Gasteiger partial charge in [-0.25, -0.2) is 0 Å². The summed E-state index contributed by atoms with van der Waals surface area (Å²) in [5.41, 5.74) is 0. The van der Waals surface area contributed by atoms with E-state index in [9.17, 15) is 4.79 Å². The van der Waals surface area contributed by atoms with Crippen LogP contribution in [-0.4, -0.2) is 12.6 Å². The van der Waals surface area contributed by atoms with Crippen molar-refractivity contribution < 1.29 is 9.53 Å². The first-order valence-corrected chi connectivity index (χ1v) is 3.68. The molecule has 1 fully saturated rings. The number of cyclic esters (lactones) is 1. The van der Waals surface area contributed by atoms with Crippen molar-refractivity contribution in [1.29, 1.82) is 0 Å². The number of hydrogen-bond acceptors (Lipinski definition) is 2. The second-order valence-corrected chi connectivity index (χ2v) is 2.97. The monoisotopic (exact) mass is 138 g/mol. The number of hydrogen-bond donors (Lipinski definition) is 0. The van der Waals surface area contributed by atoms with Crippen molar-refractivity contribution in [2.45, 2.75) is 12.8 Å². The van der Waals surface area contributed by atoms with Gasteiger partial charge in [0.2, 0.25) is 0 Å². The van der Waals surface area contributed by atoms with E-state index >= 15 is 0 Å². The third-order valence-corrected chi connectivity index (χ3v) is 2.29. The zero-order valence-electron chi connectivity index (χ0n) is 5.75. The predicted molar refractivity (Wildman–Crippen MR) is 36.3 cm³/mol. The maximum absolute atomic E-state index is 10.8. The van der Waals surface area contributed by atoms with Crippen LogP contribution in [0.1, 0.15) is 12.8 Å². The second-order valence-electron chi connectivity index (χ2n) is 2.97. The molecule has 1 heterocycles. The fraction of sp³-hybridized carbons (Fsp3) is 0.625. The van der Waals surface area contributed by atoms with E-state index in [2.05, 4.69) is 12.2 Å². The summed E-state index contributed by atoms with van der Waals surface area (Å²) in [4.78, 5) is 10.8. The van der Waals surface area contributed by atoms with E-state index < -0.39 is 0 Å². The van der Waals surface area contributed by atoms with Gasteiger partial charge in [-0.3, -0.25) is 4.79 Å². The van der Waals surface area contributed by atoms with Gasteiger partial charge in [0, 0.05) is 12.3 Å². The number of rotatable bonds is 0. The van der Waals surface area contributed by atoms with E-state index in [1.165, 1.54) is 0 Å². The Morgan fingerprint density at radius 2 is 2.50 bits per heavy atom. The lowest BCUT2D eigenvalue weighted by molar-refractivity contribution is -0.151. The SMILES string of the molecule is O=C1C[C@H]2CC=C[C@H]2CO1. The first-order chi connectivity index (χ1) is 4.86. The smallest absolute Gasteiger partial charge is 0.306 e. The van der Waals surface area contributed by atoms with Crippen molar-refractivity contribution in [1.82, 2.24) is 0 Å². The van der Waals surface area contributed by atoms with Gasteiger partial charge in [0.05, 0.1) is 6.61 Å². The minimum absolute atomic E-state index is 0.0232. The van der Waals surface area contributed by atoms with Crippen molar-refractivity contribution in [3.05, 3.63) is 12.2 Å². The lowest BCUT2D eigenvalue weighted by Crippen LogP contribution is -2.26. The summed E-state index contributed by atoms with van der Waals surface area (Å²) in [7, 11) is 0. The van der Waals surface area contributed by atoms with Gasteiger partial charge in [0.15, 0.2) is 0 Å². The molecule has 1 aliphatic heterocycles. The Bertz CT molecular complexity index is 184. The molecule has 0 bridgehead atoms. The summed E-state index contributed by atoms with van der Waals surface area (Å²) in [6.45, 7) is 0.611. The molecule has 54 valence electrons. The van der Waals surface area contributed by atoms with Crippen LogP contribution in [0.3, 0.4) is 0 Å². The maximum Gasteiger partial charge on any atom is 0.306 e. The quantitative estimate of drug-likeness (QED) is 0.370. The van der Waals surface area contributed by atoms with Gasteiger partial charge in [-0.2, -0.15) is 0 Å². The summed E-state index contributed by atoms with van der Waals surface area (Å²) in [5, 5.41) is 0. The summed E-state index contributed by atoms with van der Waals surface area (Å²) in [6, 6.07) is 0. The number of ether oxygens (including phenoxy) is 1. The Labute approximate surface area is 59.9 Å². The molecule has 2 aliphatic rings. The normalized spacial score (nSPS) is 37.4. The minimum atomic E-state index is -0.0232. The van der Waals surface area contributed by atoms with E-state index in [-0.39, 0.29) is 5.97 Å². The van der Waals surface area contributed by atoms with Gasteiger partial charge in [0.1, 0.15) is 0 Å². The number of esters is 1. The summed E-state index contributed by atoms with van der Waals surface area (Å²) in [5.74, 6) is 1.06. The van der Waals surface area contributed by atoms with Crippen LogP contribution in [0.5, 0.6) is 0 Å². The predicted octanol–water partition coefficient (Wildman–Crippen LogP) is 1.13. The summed E-state index contributed by atoms with van der Waals surface area (Å²) < 4.78 is 4.90. The topological polar surface area (TPSA) is 26.3 Å². The van der Waals surface area contributed by atoms with Crippen LogP contribution >= 0.6 is 0 Å². The van der Waals surface area contributed by atoms with E-state index in [1.807, 2.05) is 0 Å². The van der Waals surface area contributed by atoms with Gasteiger partial charge < -0.3 is 4.74 Å². The van der Waals surface area contributed by atoms with Crippen LogP contribution in [0.25, 0.3) is 0 Å². The molecule has 0 saturated carbocycles. The molecule has 0 radical (unpaired) electrons. The molecular weight excluding hydrogens is 128 g/mol. The van der Waals surface area contributed by atoms with Crippen molar-refractivity contribution in [2.75, 3.05) is 6.61 Å². The van der Waals surface area contributed by atoms with E-state index in [1.54, 1.807) is 0 Å². The van der Waals surface area contributed by atoms with E-state index in [0.29, 0.717) is 24.9 Å². The molecule has 0 amide bonds. The summed E-state index contributed by atoms with van der Waals surface area (Å²) >= 11 is 0. The zero-order valence-corrected chi connectivity index (χ0v) is 5.75. The first-order valence-electron chi connectivity index (χ1n) is 3.68. The van der Waals surface area contributed by atoms with Crippen molar-refractivity contribution in [2.24, 2.45) is 11.8 Å². The Morgan fingerprint density at radius 1 is 1.60 bits per heavy atom. The largest absolute Gasteiger partial charge is 0.465 e. The van der Waals surface area contributed by atoms with Crippen LogP contribution in [0.4, 0.5) is 0 Å². The molecule has 2 atom stereocenters. The molecule has 0 unspecified atom stereocenters. The van der Waals surface area contributed by atoms with Crippen LogP contribution < -0.4 is 0 Å². The van der Waals surface area contributed by atoms with Crippen LogP contribution in [0, 0.1) is 11.8 Å². The van der Waals surface area contributed by atoms with Gasteiger partial charge in [-0.15, -0.1) is 0 Å². The van der Waals surface area contributed by atoms with Gasteiger partial charge in [-0.1, -0.05) is 12.2 Å². The third kappa shape index (κ3) is 0.838. The van der Waals surface area contributed by atoms with Crippen LogP contribution in [-0.2, 0) is 9.53 Å². The zero-order chi connectivity index (χ0) is 6.97. The summed E-state index contributed by atoms with van der Waals surface area (Å²) in [6.07, 6.45) is 6.01. The molecule has 0 aromatic carbocycles. The Morgan fingerprint density at radius 3 is 3.40 bits per heavy atom. The molecule has 2 heteroatoms. The lowest BCUT2D eigenvalue weighted by atomic mass is 9.91. The lowest BCUT2D eigenvalue weighted by Gasteiger charge is -2.23. The van der Waals surface area contributed by atoms with Gasteiger partial charge >= 0.3 is 5.97 Å². The Balaban J connectivity index is 2.07. The average molecular weight is 138 g/mol. The van der Waals surface area contributed by atoms with E-state index in [4.69, 9.17) is 4.74 Å². The number of carbonyl (C=O) groups excluding carboxylic acids is 1. The van der Waals surface area contributed by atoms with Crippen molar-refractivity contribution in [3.63, 3.8) is 0 Å². The number of allylic oxidation sites excluding steroid dienone is 1. The maximum atomic E-state index is 10.8. The average Bonchev–Trinajstić information content (AvgIpc) is 2.33. The molecule has 10 heavy (non-hydrogen) atoms. The molecule has 0 N–H and O–H groups in total. The van der Waals surface area contributed by atoms with Gasteiger partial charge in [0.25, 0.3) is 0 Å². The second kappa shape index (κ2) is 2.11. The van der Waals surface area contributed by atoms with Crippen molar-refractivity contribution >= 4 is 5.97 Å². The number of carbonyl (C=O) groups is 1. The van der Waals surface area contributed by atoms with E-state index in [0.717, 1.165) is 6.42 Å². The first kappa shape index (κ1) is 5.96. The molecule has 0 aromatic heterocycles. The number of fused-ring (bicyclic) bond motifs is 1. The van der Waals surface area contributed by atoms with Gasteiger partial charge in [-0.05, 0) is 12.3 Å². The van der Waals surface area contributed by atoms with Crippen LogP contribution in [0.2, 0.25) is 0 Å². The molecule has 1 aliphatic carbocycles. The highest BCUT2D eigenvalue weighted by Crippen LogP contribution is 2.31. The fourth-order valence-corrected chi connectivity index (χ4v) is 1.65. The Kier molecular flexibility index (Phi) is 1.26. The molecule has 2 rings (SSSR count). The van der Waals surface area contributed by atoms with Crippen LogP contribution in [0.15, 0.2) is 12.2 Å². The fourth-order valence-electron chi connectivity index (χ4n) is 1.65. The third-order valence-electron chi connectivity index (χ3n) is 2.29.